The molecule has 2 heterocycles. The van der Waals surface area contributed by atoms with Crippen molar-refractivity contribution in [1.29, 1.82) is 0 Å². The molecule has 1 aliphatic carbocycles. The number of aromatic nitrogens is 3. The molecule has 0 saturated heterocycles. The lowest BCUT2D eigenvalue weighted by atomic mass is 9.97. The van der Waals surface area contributed by atoms with E-state index >= 15 is 0 Å². The highest BCUT2D eigenvalue weighted by molar-refractivity contribution is 7.99. The minimum absolute atomic E-state index is 0.122. The Balaban J connectivity index is 2.06. The van der Waals surface area contributed by atoms with Gasteiger partial charge in [-0.3, -0.25) is 9.55 Å². The van der Waals surface area contributed by atoms with Crippen molar-refractivity contribution in [2.24, 2.45) is 0 Å². The van der Waals surface area contributed by atoms with Crippen molar-refractivity contribution in [3.8, 4) is 0 Å². The molecule has 0 N–H and O–H groups in total. The average molecular weight is 301 g/mol. The lowest BCUT2D eigenvalue weighted by Crippen LogP contribution is -2.30. The SMILES string of the molecule is CCSc1nc(=O)n(Cc2ccncc2)c2c1CCCC2. The number of hydrogen-bond donors (Lipinski definition) is 0. The lowest BCUT2D eigenvalue weighted by Gasteiger charge is -2.22. The summed E-state index contributed by atoms with van der Waals surface area (Å²) in [7, 11) is 0. The molecule has 0 radical (unpaired) electrons. The van der Waals surface area contributed by atoms with Crippen LogP contribution in [0.4, 0.5) is 0 Å². The number of fused-ring (bicyclic) bond motifs is 1. The summed E-state index contributed by atoms with van der Waals surface area (Å²) in [6.07, 6.45) is 7.91. The Morgan fingerprint density at radius 3 is 2.76 bits per heavy atom. The molecule has 0 aromatic carbocycles. The van der Waals surface area contributed by atoms with Crippen molar-refractivity contribution in [1.82, 2.24) is 14.5 Å². The van der Waals surface area contributed by atoms with E-state index in [2.05, 4.69) is 16.9 Å². The van der Waals surface area contributed by atoms with Crippen LogP contribution in [0, 0.1) is 0 Å². The molecule has 0 fully saturated rings. The molecular formula is C16H19N3OS. The van der Waals surface area contributed by atoms with E-state index in [-0.39, 0.29) is 5.69 Å². The molecule has 5 heteroatoms. The van der Waals surface area contributed by atoms with Gasteiger partial charge in [-0.05, 0) is 49.1 Å². The molecule has 0 unspecified atom stereocenters. The third-order valence-corrected chi connectivity index (χ3v) is 4.72. The van der Waals surface area contributed by atoms with Crippen molar-refractivity contribution >= 4 is 11.8 Å². The van der Waals surface area contributed by atoms with Gasteiger partial charge in [-0.15, -0.1) is 11.8 Å². The van der Waals surface area contributed by atoms with Gasteiger partial charge in [0.1, 0.15) is 5.03 Å². The quantitative estimate of drug-likeness (QED) is 0.643. The predicted molar refractivity (Wildman–Crippen MR) is 84.9 cm³/mol. The summed E-state index contributed by atoms with van der Waals surface area (Å²) in [6.45, 7) is 2.69. The first-order chi connectivity index (χ1) is 10.3. The van der Waals surface area contributed by atoms with Gasteiger partial charge in [0.25, 0.3) is 0 Å². The first-order valence-electron chi connectivity index (χ1n) is 7.44. The normalized spacial score (nSPS) is 14.0. The fraction of sp³-hybridized carbons (Fsp3) is 0.438. The van der Waals surface area contributed by atoms with Crippen LogP contribution < -0.4 is 5.69 Å². The van der Waals surface area contributed by atoms with Crippen LogP contribution in [0.2, 0.25) is 0 Å². The fourth-order valence-electron chi connectivity index (χ4n) is 2.84. The average Bonchev–Trinajstić information content (AvgIpc) is 2.52. The molecule has 0 atom stereocenters. The molecule has 2 aromatic rings. The standard InChI is InChI=1S/C16H19N3OS/c1-2-21-15-13-5-3-4-6-14(13)19(16(20)18-15)11-12-7-9-17-10-8-12/h7-10H,2-6,11H2,1H3. The smallest absolute Gasteiger partial charge is 0.292 e. The van der Waals surface area contributed by atoms with Crippen LogP contribution in [0.1, 0.15) is 36.6 Å². The minimum atomic E-state index is -0.122. The van der Waals surface area contributed by atoms with Gasteiger partial charge in [-0.1, -0.05) is 6.92 Å². The summed E-state index contributed by atoms with van der Waals surface area (Å²) < 4.78 is 1.85. The van der Waals surface area contributed by atoms with Gasteiger partial charge in [-0.25, -0.2) is 4.79 Å². The Labute approximate surface area is 128 Å². The van der Waals surface area contributed by atoms with Crippen molar-refractivity contribution in [3.05, 3.63) is 51.8 Å². The summed E-state index contributed by atoms with van der Waals surface area (Å²) in [5, 5.41) is 0.947. The predicted octanol–water partition coefficient (Wildman–Crippen LogP) is 2.68. The van der Waals surface area contributed by atoms with Gasteiger partial charge in [0, 0.05) is 23.7 Å². The number of hydrogen-bond acceptors (Lipinski definition) is 4. The molecule has 4 nitrogen and oxygen atoms in total. The highest BCUT2D eigenvalue weighted by Gasteiger charge is 2.20. The second kappa shape index (κ2) is 6.43. The van der Waals surface area contributed by atoms with Crippen molar-refractivity contribution in [3.63, 3.8) is 0 Å². The second-order valence-corrected chi connectivity index (χ2v) is 6.46. The van der Waals surface area contributed by atoms with Gasteiger partial charge in [0.2, 0.25) is 0 Å². The zero-order valence-corrected chi connectivity index (χ0v) is 13.0. The summed E-state index contributed by atoms with van der Waals surface area (Å²) in [4.78, 5) is 20.8. The Morgan fingerprint density at radius 1 is 1.24 bits per heavy atom. The number of thioether (sulfide) groups is 1. The van der Waals surface area contributed by atoms with E-state index in [1.54, 1.807) is 24.2 Å². The zero-order chi connectivity index (χ0) is 14.7. The highest BCUT2D eigenvalue weighted by atomic mass is 32.2. The Hall–Kier alpha value is -1.62. The lowest BCUT2D eigenvalue weighted by molar-refractivity contribution is 0.569. The van der Waals surface area contributed by atoms with Crippen molar-refractivity contribution in [2.45, 2.75) is 44.2 Å². The Kier molecular flexibility index (Phi) is 4.39. The van der Waals surface area contributed by atoms with E-state index in [0.717, 1.165) is 35.6 Å². The monoisotopic (exact) mass is 301 g/mol. The molecule has 0 spiro atoms. The molecule has 0 bridgehead atoms. The molecule has 0 saturated carbocycles. The van der Waals surface area contributed by atoms with E-state index < -0.39 is 0 Å². The molecule has 21 heavy (non-hydrogen) atoms. The molecule has 110 valence electrons. The van der Waals surface area contributed by atoms with E-state index in [1.165, 1.54) is 17.7 Å². The van der Waals surface area contributed by atoms with Crippen molar-refractivity contribution < 1.29 is 0 Å². The highest BCUT2D eigenvalue weighted by Crippen LogP contribution is 2.28. The van der Waals surface area contributed by atoms with Crippen LogP contribution in [0.5, 0.6) is 0 Å². The zero-order valence-electron chi connectivity index (χ0n) is 12.2. The molecule has 3 rings (SSSR count). The summed E-state index contributed by atoms with van der Waals surface area (Å²) in [5.74, 6) is 0.952. The van der Waals surface area contributed by atoms with Gasteiger partial charge < -0.3 is 0 Å². The van der Waals surface area contributed by atoms with Crippen molar-refractivity contribution in [2.75, 3.05) is 5.75 Å². The number of nitrogens with zero attached hydrogens (tertiary/aromatic N) is 3. The number of pyridine rings is 1. The molecule has 0 amide bonds. The minimum Gasteiger partial charge on any atom is -0.292 e. The van der Waals surface area contributed by atoms with Crippen LogP contribution in [-0.2, 0) is 19.4 Å². The van der Waals surface area contributed by atoms with E-state index in [9.17, 15) is 4.79 Å². The van der Waals surface area contributed by atoms with Gasteiger partial charge in [-0.2, -0.15) is 4.98 Å². The van der Waals surface area contributed by atoms with Crippen LogP contribution >= 0.6 is 11.8 Å². The number of rotatable bonds is 4. The first-order valence-corrected chi connectivity index (χ1v) is 8.42. The van der Waals surface area contributed by atoms with E-state index in [0.29, 0.717) is 6.54 Å². The van der Waals surface area contributed by atoms with Gasteiger partial charge in [0.05, 0.1) is 6.54 Å². The third kappa shape index (κ3) is 3.02. The Morgan fingerprint density at radius 2 is 2.00 bits per heavy atom. The first kappa shape index (κ1) is 14.3. The van der Waals surface area contributed by atoms with Gasteiger partial charge in [0.15, 0.2) is 0 Å². The van der Waals surface area contributed by atoms with Gasteiger partial charge >= 0.3 is 5.69 Å². The fourth-order valence-corrected chi connectivity index (χ4v) is 3.65. The second-order valence-electron chi connectivity index (χ2n) is 5.21. The summed E-state index contributed by atoms with van der Waals surface area (Å²) in [5.41, 5.74) is 3.46. The Bertz CT molecular complexity index is 682. The van der Waals surface area contributed by atoms with Crippen LogP contribution in [0.15, 0.2) is 34.3 Å². The summed E-state index contributed by atoms with van der Waals surface area (Å²) >= 11 is 1.68. The van der Waals surface area contributed by atoms with Crippen LogP contribution in [-0.4, -0.2) is 20.3 Å². The van der Waals surface area contributed by atoms with E-state index in [4.69, 9.17) is 0 Å². The topological polar surface area (TPSA) is 47.8 Å². The third-order valence-electron chi connectivity index (χ3n) is 3.82. The maximum atomic E-state index is 12.4. The maximum Gasteiger partial charge on any atom is 0.349 e. The van der Waals surface area contributed by atoms with Crippen LogP contribution in [0.25, 0.3) is 0 Å². The maximum absolute atomic E-state index is 12.4. The summed E-state index contributed by atoms with van der Waals surface area (Å²) in [6, 6.07) is 3.91. The van der Waals surface area contributed by atoms with Crippen LogP contribution in [0.3, 0.4) is 0 Å². The largest absolute Gasteiger partial charge is 0.349 e. The molecule has 1 aliphatic rings. The molecule has 0 aliphatic heterocycles. The van der Waals surface area contributed by atoms with E-state index in [1.807, 2.05) is 16.7 Å². The molecular weight excluding hydrogens is 282 g/mol. The molecule has 2 aromatic heterocycles.